The first kappa shape index (κ1) is 15.0. The Balaban J connectivity index is 3.82. The lowest BCUT2D eigenvalue weighted by atomic mass is 10.2. The predicted molar refractivity (Wildman–Crippen MR) is 61.3 cm³/mol. The zero-order chi connectivity index (χ0) is 14.8. The normalized spacial score (nSPS) is 14.8. The summed E-state index contributed by atoms with van der Waals surface area (Å²) < 4.78 is 42.6. The van der Waals surface area contributed by atoms with E-state index in [2.05, 4.69) is 4.98 Å². The Morgan fingerprint density at radius 1 is 1.32 bits per heavy atom. The molecule has 0 spiro atoms. The summed E-state index contributed by atoms with van der Waals surface area (Å²) in [7, 11) is 1.27. The van der Waals surface area contributed by atoms with Crippen LogP contribution in [0.25, 0.3) is 11.3 Å². The van der Waals surface area contributed by atoms with Gasteiger partial charge in [-0.2, -0.15) is 13.2 Å². The molecular formula is C12H12F3NO3. The van der Waals surface area contributed by atoms with Crippen LogP contribution in [0.4, 0.5) is 13.2 Å². The molecule has 19 heavy (non-hydrogen) atoms. The molecule has 1 heterocycles. The van der Waals surface area contributed by atoms with E-state index in [1.807, 2.05) is 0 Å². The molecule has 0 saturated heterocycles. The molecule has 0 unspecified atom stereocenters. The van der Waals surface area contributed by atoms with Gasteiger partial charge in [-0.05, 0) is 19.9 Å². The summed E-state index contributed by atoms with van der Waals surface area (Å²) >= 11 is 0. The van der Waals surface area contributed by atoms with Crippen molar-refractivity contribution in [2.75, 3.05) is 7.11 Å². The summed E-state index contributed by atoms with van der Waals surface area (Å²) in [5.74, 6) is -1.12. The third-order valence-corrected chi connectivity index (χ3v) is 2.55. The molecule has 4 nitrogen and oxygen atoms in total. The molecule has 0 bridgehead atoms. The summed E-state index contributed by atoms with van der Waals surface area (Å²) in [4.78, 5) is 14.4. The van der Waals surface area contributed by atoms with Gasteiger partial charge < -0.3 is 9.84 Å². The van der Waals surface area contributed by atoms with Crippen molar-refractivity contribution in [3.05, 3.63) is 28.4 Å². The van der Waals surface area contributed by atoms with Gasteiger partial charge in [0.1, 0.15) is 16.8 Å². The molecule has 0 aliphatic rings. The van der Waals surface area contributed by atoms with Gasteiger partial charge in [0.15, 0.2) is 0 Å². The Hall–Kier alpha value is -2.05. The van der Waals surface area contributed by atoms with E-state index >= 15 is 0 Å². The lowest BCUT2D eigenvalue weighted by Gasteiger charge is -2.07. The Labute approximate surface area is 106 Å². The van der Waals surface area contributed by atoms with Crippen LogP contribution in [0.15, 0.2) is 12.1 Å². The largest absolute Gasteiger partial charge is 0.499 e. The number of alkyl halides is 3. The zero-order valence-electron chi connectivity index (χ0n) is 10.5. The van der Waals surface area contributed by atoms with Crippen molar-refractivity contribution in [3.8, 4) is 0 Å². The SMILES string of the molecule is CO/C(C)=c1\nc(C(F)(F)F)cc\c1=C(\C)C(=O)O. The monoisotopic (exact) mass is 275 g/mol. The molecule has 1 aromatic rings. The summed E-state index contributed by atoms with van der Waals surface area (Å²) in [6.07, 6.45) is -4.60. The van der Waals surface area contributed by atoms with Crippen LogP contribution < -0.4 is 10.6 Å². The second-order valence-corrected chi connectivity index (χ2v) is 3.78. The predicted octanol–water partition coefficient (Wildman–Crippen LogP) is 1.13. The Morgan fingerprint density at radius 2 is 1.89 bits per heavy atom. The van der Waals surface area contributed by atoms with E-state index in [9.17, 15) is 18.0 Å². The molecule has 0 aromatic carbocycles. The highest BCUT2D eigenvalue weighted by Crippen LogP contribution is 2.25. The Bertz CT molecular complexity index is 620. The van der Waals surface area contributed by atoms with E-state index in [1.165, 1.54) is 21.0 Å². The minimum atomic E-state index is -4.60. The number of carbonyl (C=O) groups is 1. The molecule has 0 atom stereocenters. The first-order valence-corrected chi connectivity index (χ1v) is 5.21. The second kappa shape index (κ2) is 5.29. The first-order chi connectivity index (χ1) is 8.68. The zero-order valence-corrected chi connectivity index (χ0v) is 10.5. The van der Waals surface area contributed by atoms with Crippen LogP contribution in [-0.2, 0) is 15.7 Å². The number of methoxy groups -OCH3 is 1. The van der Waals surface area contributed by atoms with Crippen molar-refractivity contribution in [2.45, 2.75) is 20.0 Å². The number of pyridine rings is 1. The fraction of sp³-hybridized carbons (Fsp3) is 0.333. The van der Waals surface area contributed by atoms with Gasteiger partial charge in [0, 0.05) is 10.8 Å². The van der Waals surface area contributed by atoms with Crippen molar-refractivity contribution in [2.24, 2.45) is 0 Å². The van der Waals surface area contributed by atoms with Gasteiger partial charge >= 0.3 is 12.1 Å². The van der Waals surface area contributed by atoms with Crippen molar-refractivity contribution < 1.29 is 27.8 Å². The van der Waals surface area contributed by atoms with Gasteiger partial charge in [0.25, 0.3) is 0 Å². The molecule has 0 saturated carbocycles. The number of halogens is 3. The highest BCUT2D eigenvalue weighted by atomic mass is 19.4. The number of aromatic nitrogens is 1. The number of rotatable bonds is 2. The van der Waals surface area contributed by atoms with Crippen LogP contribution in [0.1, 0.15) is 19.5 Å². The molecule has 0 radical (unpaired) electrons. The van der Waals surface area contributed by atoms with E-state index in [-0.39, 0.29) is 21.9 Å². The van der Waals surface area contributed by atoms with E-state index in [0.717, 1.165) is 12.1 Å². The van der Waals surface area contributed by atoms with Gasteiger partial charge in [0.2, 0.25) is 0 Å². The number of nitrogens with zero attached hydrogens (tertiary/aromatic N) is 1. The van der Waals surface area contributed by atoms with Crippen molar-refractivity contribution in [1.82, 2.24) is 4.98 Å². The molecule has 0 aliphatic carbocycles. The second-order valence-electron chi connectivity index (χ2n) is 3.78. The van der Waals surface area contributed by atoms with Crippen molar-refractivity contribution in [3.63, 3.8) is 0 Å². The molecule has 1 rings (SSSR count). The Morgan fingerprint density at radius 3 is 2.32 bits per heavy atom. The summed E-state index contributed by atoms with van der Waals surface area (Å²) in [6, 6.07) is 1.82. The fourth-order valence-corrected chi connectivity index (χ4v) is 1.40. The summed E-state index contributed by atoms with van der Waals surface area (Å²) in [6.45, 7) is 2.71. The topological polar surface area (TPSA) is 59.4 Å². The first-order valence-electron chi connectivity index (χ1n) is 5.21. The molecule has 7 heteroatoms. The maximum Gasteiger partial charge on any atom is 0.433 e. The average Bonchev–Trinajstić information content (AvgIpc) is 2.35. The maximum atomic E-state index is 12.6. The molecule has 0 fully saturated rings. The third kappa shape index (κ3) is 3.24. The molecule has 1 N–H and O–H groups in total. The molecule has 0 aliphatic heterocycles. The minimum absolute atomic E-state index is 0.0971. The number of carboxylic acid groups (broad SMARTS) is 1. The number of aliphatic carboxylic acids is 1. The lowest BCUT2D eigenvalue weighted by Crippen LogP contribution is -2.35. The van der Waals surface area contributed by atoms with Crippen LogP contribution in [-0.4, -0.2) is 23.2 Å². The van der Waals surface area contributed by atoms with Crippen LogP contribution >= 0.6 is 0 Å². The van der Waals surface area contributed by atoms with Gasteiger partial charge in [-0.3, -0.25) is 0 Å². The molecule has 104 valence electrons. The molecule has 0 amide bonds. The van der Waals surface area contributed by atoms with E-state index < -0.39 is 17.8 Å². The van der Waals surface area contributed by atoms with Gasteiger partial charge in [-0.1, -0.05) is 6.07 Å². The Kier molecular flexibility index (Phi) is 4.18. The van der Waals surface area contributed by atoms with E-state index in [0.29, 0.717) is 0 Å². The van der Waals surface area contributed by atoms with Gasteiger partial charge in [-0.15, -0.1) is 0 Å². The summed E-state index contributed by atoms with van der Waals surface area (Å²) in [5, 5.41) is 8.88. The number of carboxylic acids is 1. The molecule has 1 aromatic heterocycles. The maximum absolute atomic E-state index is 12.6. The lowest BCUT2D eigenvalue weighted by molar-refractivity contribution is -0.141. The fourth-order valence-electron chi connectivity index (χ4n) is 1.40. The smallest absolute Gasteiger partial charge is 0.433 e. The van der Waals surface area contributed by atoms with Crippen molar-refractivity contribution in [1.29, 1.82) is 0 Å². The van der Waals surface area contributed by atoms with Crippen molar-refractivity contribution >= 4 is 17.3 Å². The van der Waals surface area contributed by atoms with E-state index in [4.69, 9.17) is 9.84 Å². The quantitative estimate of drug-likeness (QED) is 0.879. The number of ether oxygens (including phenoxy) is 1. The van der Waals surface area contributed by atoms with E-state index in [1.54, 1.807) is 0 Å². The minimum Gasteiger partial charge on any atom is -0.499 e. The van der Waals surface area contributed by atoms with Crippen LogP contribution in [0.2, 0.25) is 0 Å². The van der Waals surface area contributed by atoms with Crippen LogP contribution in [0.5, 0.6) is 0 Å². The van der Waals surface area contributed by atoms with Crippen LogP contribution in [0, 0.1) is 0 Å². The number of hydrogen-bond acceptors (Lipinski definition) is 3. The molecular weight excluding hydrogens is 263 g/mol. The number of hydrogen-bond donors (Lipinski definition) is 1. The highest BCUT2D eigenvalue weighted by Gasteiger charge is 2.32. The van der Waals surface area contributed by atoms with Gasteiger partial charge in [0.05, 0.1) is 7.11 Å². The third-order valence-electron chi connectivity index (χ3n) is 2.55. The summed E-state index contributed by atoms with van der Waals surface area (Å²) in [5.41, 5.74) is -1.20. The van der Waals surface area contributed by atoms with Crippen LogP contribution in [0.3, 0.4) is 0 Å². The standard InChI is InChI=1S/C12H12F3NO3/c1-6(11(17)18)8-4-5-9(12(13,14)15)16-10(8)7(2)19-3/h4-5H,1-3H3,(H,17,18)/b8-6+,10-7-. The highest BCUT2D eigenvalue weighted by molar-refractivity contribution is 6.07. The van der Waals surface area contributed by atoms with Gasteiger partial charge in [-0.25, -0.2) is 9.78 Å². The average molecular weight is 275 g/mol.